The third kappa shape index (κ3) is 4.09. The van der Waals surface area contributed by atoms with Crippen molar-refractivity contribution in [1.29, 1.82) is 0 Å². The van der Waals surface area contributed by atoms with Crippen LogP contribution in [0.15, 0.2) is 11.6 Å². The number of amides is 2. The van der Waals surface area contributed by atoms with Crippen molar-refractivity contribution in [2.45, 2.75) is 45.1 Å². The Labute approximate surface area is 104 Å². The lowest BCUT2D eigenvalue weighted by Gasteiger charge is -2.23. The summed E-state index contributed by atoms with van der Waals surface area (Å²) in [6.07, 6.45) is 2.09. The summed E-state index contributed by atoms with van der Waals surface area (Å²) in [7, 11) is -1.17. The topological polar surface area (TPSA) is 63.4 Å². The molecule has 1 unspecified atom stereocenters. The van der Waals surface area contributed by atoms with E-state index in [0.29, 0.717) is 18.5 Å². The Kier molecular flexibility index (Phi) is 4.27. The van der Waals surface area contributed by atoms with E-state index >= 15 is 0 Å². The van der Waals surface area contributed by atoms with Crippen LogP contribution in [0.4, 0.5) is 0 Å². The lowest BCUT2D eigenvalue weighted by molar-refractivity contribution is -0.137. The molecule has 1 aliphatic heterocycles. The van der Waals surface area contributed by atoms with E-state index in [2.05, 4.69) is 19.6 Å². The lowest BCUT2D eigenvalue weighted by atomic mass is 10.2. The fourth-order valence-corrected chi connectivity index (χ4v) is 3.81. The van der Waals surface area contributed by atoms with E-state index < -0.39 is 8.07 Å². The first-order chi connectivity index (χ1) is 7.70. The molecule has 1 heterocycles. The molecule has 0 aliphatic carbocycles. The molecule has 0 bridgehead atoms. The molecule has 0 aromatic carbocycles. The third-order valence-electron chi connectivity index (χ3n) is 2.79. The maximum Gasteiger partial charge on any atom is 0.256 e. The molecule has 1 atom stereocenters. The van der Waals surface area contributed by atoms with E-state index in [1.807, 2.05) is 0 Å². The van der Waals surface area contributed by atoms with Crippen LogP contribution in [-0.2, 0) is 9.59 Å². The predicted octanol–water partition coefficient (Wildman–Crippen LogP) is 1.36. The van der Waals surface area contributed by atoms with Crippen molar-refractivity contribution >= 4 is 19.9 Å². The van der Waals surface area contributed by atoms with Crippen molar-refractivity contribution in [2.24, 2.45) is 5.73 Å². The first kappa shape index (κ1) is 14.1. The number of hydrogen-bond acceptors (Lipinski definition) is 3. The van der Waals surface area contributed by atoms with Crippen molar-refractivity contribution in [2.75, 3.05) is 6.54 Å². The maximum atomic E-state index is 11.6. The highest BCUT2D eigenvalue weighted by Crippen LogP contribution is 2.16. The average molecular weight is 254 g/mol. The van der Waals surface area contributed by atoms with Gasteiger partial charge in [0.15, 0.2) is 0 Å². The standard InChI is InChI=1S/C12H22N2O2Si/c1-9-7-11(15)14(12(9)16)6-5-10(13)8-17(2,3)4/h7,10H,5-6,8,13H2,1-4H3. The van der Waals surface area contributed by atoms with Gasteiger partial charge in [-0.25, -0.2) is 0 Å². The van der Waals surface area contributed by atoms with Crippen LogP contribution >= 0.6 is 0 Å². The van der Waals surface area contributed by atoms with Gasteiger partial charge in [-0.15, -0.1) is 0 Å². The highest BCUT2D eigenvalue weighted by Gasteiger charge is 2.28. The molecule has 17 heavy (non-hydrogen) atoms. The van der Waals surface area contributed by atoms with Crippen LogP contribution in [0.25, 0.3) is 0 Å². The van der Waals surface area contributed by atoms with E-state index in [1.165, 1.54) is 11.0 Å². The predicted molar refractivity (Wildman–Crippen MR) is 71.2 cm³/mol. The monoisotopic (exact) mass is 254 g/mol. The summed E-state index contributed by atoms with van der Waals surface area (Å²) in [6.45, 7) is 8.92. The highest BCUT2D eigenvalue weighted by atomic mass is 28.3. The minimum atomic E-state index is -1.17. The summed E-state index contributed by atoms with van der Waals surface area (Å²) >= 11 is 0. The van der Waals surface area contributed by atoms with Gasteiger partial charge in [0.05, 0.1) is 0 Å². The molecule has 4 nitrogen and oxygen atoms in total. The summed E-state index contributed by atoms with van der Waals surface area (Å²) in [4.78, 5) is 24.4. The van der Waals surface area contributed by atoms with Crippen LogP contribution in [0.3, 0.4) is 0 Å². The number of nitrogens with zero attached hydrogens (tertiary/aromatic N) is 1. The smallest absolute Gasteiger partial charge is 0.256 e. The van der Waals surface area contributed by atoms with Gasteiger partial charge in [0.1, 0.15) is 0 Å². The molecule has 0 spiro atoms. The summed E-state index contributed by atoms with van der Waals surface area (Å²) in [5.74, 6) is -0.372. The molecule has 5 heteroatoms. The van der Waals surface area contributed by atoms with Crippen molar-refractivity contribution in [3.63, 3.8) is 0 Å². The van der Waals surface area contributed by atoms with E-state index in [0.717, 1.165) is 6.04 Å². The van der Waals surface area contributed by atoms with Crippen molar-refractivity contribution in [3.05, 3.63) is 11.6 Å². The van der Waals surface area contributed by atoms with E-state index in [-0.39, 0.29) is 17.9 Å². The van der Waals surface area contributed by atoms with Gasteiger partial charge in [0, 0.05) is 32.3 Å². The number of carbonyl (C=O) groups excluding carboxylic acids is 2. The molecule has 96 valence electrons. The van der Waals surface area contributed by atoms with Crippen LogP contribution in [0, 0.1) is 0 Å². The van der Waals surface area contributed by atoms with Crippen LogP contribution in [0.5, 0.6) is 0 Å². The maximum absolute atomic E-state index is 11.6. The Morgan fingerprint density at radius 3 is 2.35 bits per heavy atom. The first-order valence-electron chi connectivity index (χ1n) is 6.00. The van der Waals surface area contributed by atoms with Gasteiger partial charge in [-0.05, 0) is 19.4 Å². The Balaban J connectivity index is 2.42. The van der Waals surface area contributed by atoms with Gasteiger partial charge in [-0.1, -0.05) is 19.6 Å². The second kappa shape index (κ2) is 5.14. The molecule has 1 aliphatic rings. The zero-order chi connectivity index (χ0) is 13.2. The Morgan fingerprint density at radius 2 is 1.94 bits per heavy atom. The van der Waals surface area contributed by atoms with E-state index in [1.54, 1.807) is 6.92 Å². The fourth-order valence-electron chi connectivity index (χ4n) is 2.03. The summed E-state index contributed by atoms with van der Waals surface area (Å²) in [6, 6.07) is 1.11. The fraction of sp³-hybridized carbons (Fsp3) is 0.667. The molecule has 0 fully saturated rings. The zero-order valence-corrected chi connectivity index (χ0v) is 12.1. The number of imide groups is 1. The summed E-state index contributed by atoms with van der Waals surface area (Å²) < 4.78 is 0. The van der Waals surface area contributed by atoms with Crippen molar-refractivity contribution < 1.29 is 9.59 Å². The van der Waals surface area contributed by atoms with Gasteiger partial charge in [0.25, 0.3) is 11.8 Å². The highest BCUT2D eigenvalue weighted by molar-refractivity contribution is 6.76. The Hall–Kier alpha value is -0.943. The largest absolute Gasteiger partial charge is 0.328 e. The molecule has 0 radical (unpaired) electrons. The Morgan fingerprint density at radius 1 is 1.35 bits per heavy atom. The van der Waals surface area contributed by atoms with Gasteiger partial charge in [-0.3, -0.25) is 14.5 Å². The van der Waals surface area contributed by atoms with Crippen molar-refractivity contribution in [3.8, 4) is 0 Å². The minimum Gasteiger partial charge on any atom is -0.328 e. The molecule has 1 rings (SSSR count). The van der Waals surface area contributed by atoms with Gasteiger partial charge in [0.2, 0.25) is 0 Å². The summed E-state index contributed by atoms with van der Waals surface area (Å²) in [5.41, 5.74) is 6.55. The molecule has 0 aromatic rings. The number of hydrogen-bond donors (Lipinski definition) is 1. The van der Waals surface area contributed by atoms with E-state index in [4.69, 9.17) is 5.73 Å². The second-order valence-corrected chi connectivity index (χ2v) is 11.5. The molecule has 0 saturated carbocycles. The normalized spacial score (nSPS) is 18.6. The minimum absolute atomic E-state index is 0.0863. The van der Waals surface area contributed by atoms with Gasteiger partial charge >= 0.3 is 0 Å². The van der Waals surface area contributed by atoms with Crippen LogP contribution in [0.2, 0.25) is 25.7 Å². The molecule has 0 aromatic heterocycles. The average Bonchev–Trinajstić information content (AvgIpc) is 2.36. The number of rotatable bonds is 5. The lowest BCUT2D eigenvalue weighted by Crippen LogP contribution is -2.38. The van der Waals surface area contributed by atoms with E-state index in [9.17, 15) is 9.59 Å². The molecule has 2 N–H and O–H groups in total. The molecule has 2 amide bonds. The first-order valence-corrected chi connectivity index (χ1v) is 9.71. The molecular weight excluding hydrogens is 232 g/mol. The van der Waals surface area contributed by atoms with Crippen LogP contribution < -0.4 is 5.73 Å². The van der Waals surface area contributed by atoms with Crippen LogP contribution in [0.1, 0.15) is 13.3 Å². The summed E-state index contributed by atoms with van der Waals surface area (Å²) in [5, 5.41) is 0. The van der Waals surface area contributed by atoms with Gasteiger partial charge in [-0.2, -0.15) is 0 Å². The third-order valence-corrected chi connectivity index (χ3v) is 4.54. The van der Waals surface area contributed by atoms with Crippen molar-refractivity contribution in [1.82, 2.24) is 4.90 Å². The van der Waals surface area contributed by atoms with Crippen LogP contribution in [-0.4, -0.2) is 37.4 Å². The molecule has 0 saturated heterocycles. The number of carbonyl (C=O) groups is 2. The zero-order valence-electron chi connectivity index (χ0n) is 11.1. The quantitative estimate of drug-likeness (QED) is 0.595. The Bertz CT molecular complexity index is 358. The van der Waals surface area contributed by atoms with Gasteiger partial charge < -0.3 is 5.73 Å². The second-order valence-electron chi connectivity index (χ2n) is 5.94. The molecular formula is C12H22N2O2Si. The SMILES string of the molecule is CC1=CC(=O)N(CCC(N)C[Si](C)(C)C)C1=O. The number of nitrogens with two attached hydrogens (primary N) is 1.